The maximum absolute atomic E-state index is 10.2. The molecule has 0 aliphatic rings. The highest BCUT2D eigenvalue weighted by Gasteiger charge is 2.11. The number of aliphatic imine (C=N–C) groups is 2. The summed E-state index contributed by atoms with van der Waals surface area (Å²) in [5.74, 6) is -0.225. The number of pyridine rings is 1. The van der Waals surface area contributed by atoms with Crippen LogP contribution in [0.2, 0.25) is 0 Å². The maximum Gasteiger partial charge on any atom is 0.303 e. The van der Waals surface area contributed by atoms with Crippen molar-refractivity contribution in [3.63, 3.8) is 0 Å². The highest BCUT2D eigenvalue weighted by atomic mass is 32.2. The van der Waals surface area contributed by atoms with Gasteiger partial charge in [-0.05, 0) is 108 Å². The molecule has 332 valence electrons. The summed E-state index contributed by atoms with van der Waals surface area (Å²) >= 11 is 1.75. The summed E-state index contributed by atoms with van der Waals surface area (Å²) in [5.41, 5.74) is 5.34. The van der Waals surface area contributed by atoms with E-state index in [1.54, 1.807) is 65.7 Å². The molecule has 1 heterocycles. The third-order valence-corrected chi connectivity index (χ3v) is 2.76. The predicted molar refractivity (Wildman–Crippen MR) is 242 cm³/mol. The number of nitrogens with two attached hydrogens (primary N) is 1. The number of sulfone groups is 1. The lowest BCUT2D eigenvalue weighted by Gasteiger charge is -2.17. The number of hydrogen-bond donors (Lipinski definition) is 4. The van der Waals surface area contributed by atoms with E-state index in [1.165, 1.54) is 32.8 Å². The Morgan fingerprint density at radius 3 is 1.50 bits per heavy atom. The molecule has 18 heteroatoms. The lowest BCUT2D eigenvalue weighted by molar-refractivity contribution is -0.151. The van der Waals surface area contributed by atoms with Crippen molar-refractivity contribution in [2.45, 2.75) is 73.6 Å². The Labute approximate surface area is 340 Å². The van der Waals surface area contributed by atoms with E-state index in [9.17, 15) is 17.4 Å². The number of likely N-dealkylation sites (N-methyl/N-ethyl adjacent to an activating group) is 1. The van der Waals surface area contributed by atoms with Gasteiger partial charge in [-0.2, -0.15) is 11.8 Å². The number of aliphatic hydroxyl groups is 1. The minimum atomic E-state index is -2.67. The van der Waals surface area contributed by atoms with Crippen molar-refractivity contribution >= 4 is 50.7 Å². The summed E-state index contributed by atoms with van der Waals surface area (Å²) in [6, 6.07) is 6.03. The Hall–Kier alpha value is -2.12. The van der Waals surface area contributed by atoms with Crippen molar-refractivity contribution in [3.8, 4) is 0 Å². The number of carbonyl (C=O) groups excluding carboxylic acids is 2. The van der Waals surface area contributed by atoms with E-state index in [2.05, 4.69) is 61.1 Å². The van der Waals surface area contributed by atoms with E-state index in [0.29, 0.717) is 0 Å². The first kappa shape index (κ1) is 80.4. The maximum atomic E-state index is 10.2. The molecule has 1 rings (SSSR count). The zero-order chi connectivity index (χ0) is 46.2. The molecule has 0 bridgehead atoms. The second-order valence-electron chi connectivity index (χ2n) is 10.6. The topological polar surface area (TPSA) is 215 Å². The fourth-order valence-corrected chi connectivity index (χ4v) is 1.32. The standard InChI is InChI=1S/C9H14N2.C6H12O2.C3H9NO.C3H7N.C2H3NO.C2H7N.C2H6O2S.C2H6OS.C2H6O.C2H6S.C2H6.CH5N/c1-11(2)8-6-9-5-3-4-7-10-9;1-5(7)8-6(2,3)4;1-3(5)4-2;1-3-4-2;1-3-2-4;1-3-2;1-5(2,3)4;1-4(2)3;2*1-3-2;2*1-2/h3-5,7H,6,8H2,1-2H3;1-4H3;3-5H,1-2H3;3H,1-2H3;1H3;3H,1-2H3;1-2H3;1-2H3;2*1-2H3;1-2H3;2H2,1H3. The van der Waals surface area contributed by atoms with E-state index in [0.717, 1.165) is 25.5 Å². The van der Waals surface area contributed by atoms with Crippen LogP contribution in [-0.2, 0) is 46.1 Å². The van der Waals surface area contributed by atoms with E-state index < -0.39 is 20.6 Å². The van der Waals surface area contributed by atoms with Crippen LogP contribution in [0.3, 0.4) is 0 Å². The molecular formula is C36H87N7O8S3. The van der Waals surface area contributed by atoms with Gasteiger partial charge in [0.2, 0.25) is 6.08 Å². The largest absolute Gasteiger partial charge is 0.460 e. The molecule has 0 amide bonds. The van der Waals surface area contributed by atoms with Crippen LogP contribution in [0.4, 0.5) is 0 Å². The Morgan fingerprint density at radius 1 is 1.11 bits per heavy atom. The summed E-state index contributed by atoms with van der Waals surface area (Å²) in [4.78, 5) is 32.0. The van der Waals surface area contributed by atoms with Crippen molar-refractivity contribution < 1.29 is 36.8 Å². The average Bonchev–Trinajstić information content (AvgIpc) is 3.06. The first-order chi connectivity index (χ1) is 24.8. The minimum Gasteiger partial charge on any atom is -0.460 e. The van der Waals surface area contributed by atoms with Gasteiger partial charge in [0.05, 0.1) is 0 Å². The molecule has 1 unspecified atom stereocenters. The van der Waals surface area contributed by atoms with Crippen molar-refractivity contribution in [1.29, 1.82) is 0 Å². The summed E-state index contributed by atoms with van der Waals surface area (Å²) in [5, 5.41) is 13.6. The van der Waals surface area contributed by atoms with Crippen LogP contribution in [0.1, 0.15) is 61.1 Å². The van der Waals surface area contributed by atoms with Crippen LogP contribution >= 0.6 is 11.8 Å². The lowest BCUT2D eigenvalue weighted by Crippen LogP contribution is -2.21. The number of ether oxygens (including phenoxy) is 2. The van der Waals surface area contributed by atoms with Gasteiger partial charge in [0.15, 0.2) is 0 Å². The fourth-order valence-electron chi connectivity index (χ4n) is 1.32. The number of aromatic nitrogens is 1. The van der Waals surface area contributed by atoms with Crippen LogP contribution in [0.15, 0.2) is 34.4 Å². The highest BCUT2D eigenvalue weighted by Crippen LogP contribution is 2.05. The number of hydrogen-bond acceptors (Lipinski definition) is 16. The van der Waals surface area contributed by atoms with E-state index in [1.807, 2.05) is 86.5 Å². The van der Waals surface area contributed by atoms with Crippen molar-refractivity contribution in [1.82, 2.24) is 20.5 Å². The minimum absolute atomic E-state index is 0.225. The van der Waals surface area contributed by atoms with Crippen LogP contribution in [0.5, 0.6) is 0 Å². The molecule has 1 atom stereocenters. The van der Waals surface area contributed by atoms with Crippen molar-refractivity contribution in [2.75, 3.05) is 115 Å². The summed E-state index contributed by atoms with van der Waals surface area (Å²) in [6.07, 6.45) is 15.2. The predicted octanol–water partition coefficient (Wildman–Crippen LogP) is 4.07. The smallest absolute Gasteiger partial charge is 0.303 e. The molecule has 54 heavy (non-hydrogen) atoms. The first-order valence-electron chi connectivity index (χ1n) is 16.6. The van der Waals surface area contributed by atoms with Crippen molar-refractivity contribution in [3.05, 3.63) is 30.1 Å². The third kappa shape index (κ3) is 302. The number of esters is 1. The zero-order valence-electron chi connectivity index (χ0n) is 38.8. The summed E-state index contributed by atoms with van der Waals surface area (Å²) < 4.78 is 37.9. The normalized spacial score (nSPS) is 9.11. The number of thioether (sulfide) groups is 1. The van der Waals surface area contributed by atoms with Gasteiger partial charge in [-0.25, -0.2) is 18.2 Å². The molecule has 1 aromatic rings. The van der Waals surface area contributed by atoms with Gasteiger partial charge in [0.25, 0.3) is 0 Å². The summed E-state index contributed by atoms with van der Waals surface area (Å²) in [6.45, 7) is 15.6. The lowest BCUT2D eigenvalue weighted by atomic mass is 10.2. The molecule has 0 fully saturated rings. The molecule has 15 nitrogen and oxygen atoms in total. The van der Waals surface area contributed by atoms with Gasteiger partial charge in [-0.1, -0.05) is 19.9 Å². The summed E-state index contributed by atoms with van der Waals surface area (Å²) in [7, 11) is 14.2. The van der Waals surface area contributed by atoms with Gasteiger partial charge in [-0.15, -0.1) is 0 Å². The SMILES string of the molecule is CC.CC(=O)OC(C)(C)C.CC=NC.CN.CN(C)CCc1ccccn1.CN=C=O.CNC.CNC(C)O.COC.CS(C)(=O)=O.CS(C)=O.CSC. The van der Waals surface area contributed by atoms with Crippen LogP contribution in [-0.4, -0.2) is 172 Å². The number of nitrogens with one attached hydrogen (secondary N) is 2. The molecule has 5 N–H and O–H groups in total. The number of nitrogens with zero attached hydrogens (tertiary/aromatic N) is 4. The fraction of sp³-hybridized carbons (Fsp3) is 0.778. The van der Waals surface area contributed by atoms with E-state index >= 15 is 0 Å². The highest BCUT2D eigenvalue weighted by molar-refractivity contribution is 7.97. The Bertz CT molecular complexity index is 942. The third-order valence-electron chi connectivity index (χ3n) is 2.76. The second kappa shape index (κ2) is 75.7. The molecule has 0 aliphatic heterocycles. The van der Waals surface area contributed by atoms with Crippen LogP contribution in [0.25, 0.3) is 0 Å². The average molecular weight is 842 g/mol. The number of isocyanates is 1. The number of aliphatic hydroxyl groups excluding tert-OH is 1. The zero-order valence-corrected chi connectivity index (χ0v) is 41.2. The Balaban J connectivity index is -0.0000000434. The molecule has 1 aromatic heterocycles. The van der Waals surface area contributed by atoms with Crippen LogP contribution < -0.4 is 16.4 Å². The van der Waals surface area contributed by atoms with E-state index in [4.69, 9.17) is 14.6 Å². The van der Waals surface area contributed by atoms with Gasteiger partial charge in [-0.3, -0.25) is 19.3 Å². The Kier molecular flexibility index (Phi) is 113. The van der Waals surface area contributed by atoms with Gasteiger partial charge < -0.3 is 35.5 Å². The molecule has 0 spiro atoms. The first-order valence-corrected chi connectivity index (χ1v) is 22.5. The molecular weight excluding hydrogens is 755 g/mol. The number of carbonyl (C=O) groups is 1. The van der Waals surface area contributed by atoms with Crippen LogP contribution in [0, 0.1) is 0 Å². The van der Waals surface area contributed by atoms with Crippen molar-refractivity contribution in [2.24, 2.45) is 15.7 Å². The quantitative estimate of drug-likeness (QED) is 0.146. The molecule has 0 aliphatic carbocycles. The Morgan fingerprint density at radius 2 is 1.39 bits per heavy atom. The number of methoxy groups -OCH3 is 1. The van der Waals surface area contributed by atoms with E-state index in [-0.39, 0.29) is 17.8 Å². The monoisotopic (exact) mass is 842 g/mol. The molecule has 0 saturated carbocycles. The molecule has 0 radical (unpaired) electrons. The molecule has 0 aromatic carbocycles. The van der Waals surface area contributed by atoms with Gasteiger partial charge >= 0.3 is 5.97 Å². The van der Waals surface area contributed by atoms with Gasteiger partial charge in [0.1, 0.15) is 21.7 Å². The molecule has 0 saturated heterocycles. The second-order valence-corrected chi connectivity index (χ2v) is 15.2. The number of rotatable bonds is 4. The van der Waals surface area contributed by atoms with Gasteiger partial charge in [0, 0.05) is 95.9 Å².